The average Bonchev–Trinajstić information content (AvgIpc) is 2.38. The molecule has 0 radical (unpaired) electrons. The highest BCUT2D eigenvalue weighted by atomic mass is 79.9. The van der Waals surface area contributed by atoms with Crippen LogP contribution in [0, 0.1) is 6.92 Å². The minimum atomic E-state index is 0.113. The van der Waals surface area contributed by atoms with Crippen molar-refractivity contribution in [3.05, 3.63) is 28.2 Å². The van der Waals surface area contributed by atoms with Gasteiger partial charge in [-0.2, -0.15) is 0 Å². The van der Waals surface area contributed by atoms with Gasteiger partial charge in [-0.1, -0.05) is 45.1 Å². The molecule has 0 atom stereocenters. The molecule has 0 heterocycles. The lowest BCUT2D eigenvalue weighted by Crippen LogP contribution is -2.11. The van der Waals surface area contributed by atoms with Crippen molar-refractivity contribution in [3.8, 4) is 0 Å². The van der Waals surface area contributed by atoms with E-state index < -0.39 is 0 Å². The fraction of sp³-hybridized carbons (Fsp3) is 0.562. The van der Waals surface area contributed by atoms with E-state index in [-0.39, 0.29) is 5.91 Å². The summed E-state index contributed by atoms with van der Waals surface area (Å²) in [5.74, 6) is 0.113. The molecule has 0 saturated heterocycles. The molecule has 2 nitrogen and oxygen atoms in total. The summed E-state index contributed by atoms with van der Waals surface area (Å²) in [6.07, 6.45) is 7.87. The van der Waals surface area contributed by atoms with Crippen LogP contribution in [0.1, 0.15) is 57.4 Å². The fourth-order valence-electron chi connectivity index (χ4n) is 2.01. The first kappa shape index (κ1) is 16.2. The number of hydrogen-bond acceptors (Lipinski definition) is 1. The third-order valence-corrected chi connectivity index (χ3v) is 3.84. The van der Waals surface area contributed by atoms with E-state index in [1.807, 2.05) is 25.1 Å². The van der Waals surface area contributed by atoms with Crippen LogP contribution in [-0.4, -0.2) is 5.91 Å². The normalized spacial score (nSPS) is 10.5. The molecule has 3 heteroatoms. The minimum Gasteiger partial charge on any atom is -0.325 e. The number of unbranched alkanes of at least 4 members (excludes halogenated alkanes) is 5. The number of hydrogen-bond donors (Lipinski definition) is 1. The van der Waals surface area contributed by atoms with E-state index in [1.54, 1.807) is 0 Å². The van der Waals surface area contributed by atoms with Crippen LogP contribution in [-0.2, 0) is 4.79 Å². The van der Waals surface area contributed by atoms with Gasteiger partial charge in [0.05, 0.1) is 5.69 Å². The van der Waals surface area contributed by atoms with Crippen LogP contribution in [0.5, 0.6) is 0 Å². The number of carbonyl (C=O) groups excluding carboxylic acids is 1. The lowest BCUT2D eigenvalue weighted by molar-refractivity contribution is -0.116. The first-order valence-corrected chi connectivity index (χ1v) is 7.98. The largest absolute Gasteiger partial charge is 0.325 e. The minimum absolute atomic E-state index is 0.113. The average molecular weight is 326 g/mol. The summed E-state index contributed by atoms with van der Waals surface area (Å²) in [4.78, 5) is 11.8. The van der Waals surface area contributed by atoms with Gasteiger partial charge < -0.3 is 5.32 Å². The molecule has 0 saturated carbocycles. The monoisotopic (exact) mass is 325 g/mol. The van der Waals surface area contributed by atoms with E-state index in [2.05, 4.69) is 28.2 Å². The molecular formula is C16H24BrNO. The van der Waals surface area contributed by atoms with Gasteiger partial charge in [0.25, 0.3) is 0 Å². The zero-order valence-corrected chi connectivity index (χ0v) is 13.6. The Morgan fingerprint density at radius 1 is 1.16 bits per heavy atom. The quantitative estimate of drug-likeness (QED) is 0.633. The Kier molecular flexibility index (Phi) is 7.80. The summed E-state index contributed by atoms with van der Waals surface area (Å²) in [6.45, 7) is 4.24. The van der Waals surface area contributed by atoms with E-state index in [0.717, 1.165) is 28.6 Å². The number of benzene rings is 1. The maximum absolute atomic E-state index is 11.8. The first-order valence-electron chi connectivity index (χ1n) is 7.19. The molecule has 0 spiro atoms. The van der Waals surface area contributed by atoms with Gasteiger partial charge in [0.2, 0.25) is 5.91 Å². The highest BCUT2D eigenvalue weighted by Gasteiger charge is 2.05. The molecule has 1 aromatic rings. The molecule has 0 aliphatic carbocycles. The van der Waals surface area contributed by atoms with Crippen LogP contribution >= 0.6 is 15.9 Å². The molecule has 1 amide bonds. The van der Waals surface area contributed by atoms with Crippen molar-refractivity contribution in [3.63, 3.8) is 0 Å². The maximum atomic E-state index is 11.8. The zero-order valence-electron chi connectivity index (χ0n) is 12.0. The van der Waals surface area contributed by atoms with Crippen LogP contribution < -0.4 is 5.32 Å². The van der Waals surface area contributed by atoms with Crippen molar-refractivity contribution in [2.24, 2.45) is 0 Å². The molecule has 19 heavy (non-hydrogen) atoms. The Balaban J connectivity index is 2.25. The van der Waals surface area contributed by atoms with Gasteiger partial charge in [-0.25, -0.2) is 0 Å². The van der Waals surface area contributed by atoms with Crippen LogP contribution in [0.2, 0.25) is 0 Å². The van der Waals surface area contributed by atoms with Gasteiger partial charge in [-0.15, -0.1) is 0 Å². The number of anilines is 1. The summed E-state index contributed by atoms with van der Waals surface area (Å²) < 4.78 is 0.939. The predicted molar refractivity (Wildman–Crippen MR) is 85.5 cm³/mol. The molecule has 0 aliphatic heterocycles. The molecule has 106 valence electrons. The van der Waals surface area contributed by atoms with Gasteiger partial charge in [0.1, 0.15) is 0 Å². The summed E-state index contributed by atoms with van der Waals surface area (Å²) in [5, 5.41) is 2.97. The molecular weight excluding hydrogens is 302 g/mol. The van der Waals surface area contributed by atoms with Crippen molar-refractivity contribution in [1.82, 2.24) is 0 Å². The third-order valence-electron chi connectivity index (χ3n) is 3.15. The molecule has 0 unspecified atom stereocenters. The summed E-state index contributed by atoms with van der Waals surface area (Å²) in [6, 6.07) is 5.98. The van der Waals surface area contributed by atoms with Gasteiger partial charge in [-0.3, -0.25) is 4.79 Å². The van der Waals surface area contributed by atoms with E-state index in [9.17, 15) is 4.79 Å². The molecule has 0 aliphatic rings. The van der Waals surface area contributed by atoms with Crippen LogP contribution in [0.15, 0.2) is 22.7 Å². The standard InChI is InChI=1S/C16H24BrNO/c1-3-4-5-6-7-8-9-16(19)18-15-12-13(2)10-11-14(15)17/h10-12H,3-9H2,1-2H3,(H,18,19). The number of amides is 1. The Morgan fingerprint density at radius 2 is 1.84 bits per heavy atom. The maximum Gasteiger partial charge on any atom is 0.224 e. The molecule has 1 aromatic carbocycles. The van der Waals surface area contributed by atoms with E-state index in [1.165, 1.54) is 25.7 Å². The van der Waals surface area contributed by atoms with Gasteiger partial charge >= 0.3 is 0 Å². The van der Waals surface area contributed by atoms with E-state index in [4.69, 9.17) is 0 Å². The van der Waals surface area contributed by atoms with Crippen LogP contribution in [0.25, 0.3) is 0 Å². The smallest absolute Gasteiger partial charge is 0.224 e. The Hall–Kier alpha value is -0.830. The second-order valence-corrected chi connectivity index (χ2v) is 5.90. The second kappa shape index (κ2) is 9.13. The highest BCUT2D eigenvalue weighted by molar-refractivity contribution is 9.10. The number of nitrogens with one attached hydrogen (secondary N) is 1. The van der Waals surface area contributed by atoms with E-state index in [0.29, 0.717) is 6.42 Å². The van der Waals surface area contributed by atoms with Crippen molar-refractivity contribution in [2.75, 3.05) is 5.32 Å². The Morgan fingerprint density at radius 3 is 2.58 bits per heavy atom. The van der Waals surface area contributed by atoms with Gasteiger partial charge in [0.15, 0.2) is 0 Å². The van der Waals surface area contributed by atoms with Crippen LogP contribution in [0.4, 0.5) is 5.69 Å². The van der Waals surface area contributed by atoms with Crippen molar-refractivity contribution in [1.29, 1.82) is 0 Å². The molecule has 1 rings (SSSR count). The summed E-state index contributed by atoms with van der Waals surface area (Å²) in [7, 11) is 0. The van der Waals surface area contributed by atoms with Gasteiger partial charge in [-0.05, 0) is 47.0 Å². The Labute approximate surface area is 125 Å². The number of aryl methyl sites for hydroxylation is 1. The predicted octanol–water partition coefficient (Wildman–Crippen LogP) is 5.45. The van der Waals surface area contributed by atoms with Crippen molar-refractivity contribution < 1.29 is 4.79 Å². The third kappa shape index (κ3) is 6.76. The summed E-state index contributed by atoms with van der Waals surface area (Å²) >= 11 is 3.45. The highest BCUT2D eigenvalue weighted by Crippen LogP contribution is 2.23. The summed E-state index contributed by atoms with van der Waals surface area (Å²) in [5.41, 5.74) is 2.02. The van der Waals surface area contributed by atoms with Crippen molar-refractivity contribution in [2.45, 2.75) is 58.8 Å². The lowest BCUT2D eigenvalue weighted by atomic mass is 10.1. The Bertz CT molecular complexity index is 404. The lowest BCUT2D eigenvalue weighted by Gasteiger charge is -2.08. The molecule has 1 N–H and O–H groups in total. The second-order valence-electron chi connectivity index (χ2n) is 5.05. The number of rotatable bonds is 8. The van der Waals surface area contributed by atoms with E-state index >= 15 is 0 Å². The number of halogens is 1. The fourth-order valence-corrected chi connectivity index (χ4v) is 2.36. The SMILES string of the molecule is CCCCCCCCC(=O)Nc1cc(C)ccc1Br. The van der Waals surface area contributed by atoms with Crippen molar-refractivity contribution >= 4 is 27.5 Å². The topological polar surface area (TPSA) is 29.1 Å². The zero-order chi connectivity index (χ0) is 14.1. The first-order chi connectivity index (χ1) is 9.13. The van der Waals surface area contributed by atoms with Crippen LogP contribution in [0.3, 0.4) is 0 Å². The number of carbonyl (C=O) groups is 1. The molecule has 0 aromatic heterocycles. The molecule has 0 fully saturated rings. The van der Waals surface area contributed by atoms with Gasteiger partial charge in [0, 0.05) is 10.9 Å². The molecule has 0 bridgehead atoms.